The van der Waals surface area contributed by atoms with Gasteiger partial charge in [0.1, 0.15) is 6.54 Å². The Hall–Kier alpha value is -2.12. The number of hydrogen-bond donors (Lipinski definition) is 3. The highest BCUT2D eigenvalue weighted by molar-refractivity contribution is 5.80. The van der Waals surface area contributed by atoms with Crippen molar-refractivity contribution in [2.45, 2.75) is 6.54 Å². The van der Waals surface area contributed by atoms with Gasteiger partial charge >= 0.3 is 5.69 Å². The lowest BCUT2D eigenvalue weighted by Crippen LogP contribution is -2.36. The molecule has 3 N–H and O–H groups in total. The number of nitrogens with one attached hydrogen (secondary N) is 3. The second-order valence-electron chi connectivity index (χ2n) is 4.63. The van der Waals surface area contributed by atoms with E-state index in [-0.39, 0.29) is 18.1 Å². The molecule has 0 aliphatic carbocycles. The van der Waals surface area contributed by atoms with Crippen LogP contribution in [0.25, 0.3) is 11.0 Å². The van der Waals surface area contributed by atoms with Gasteiger partial charge in [0.25, 0.3) is 0 Å². The second kappa shape index (κ2) is 7.61. The molecule has 0 unspecified atom stereocenters. The number of amides is 1. The van der Waals surface area contributed by atoms with Crippen molar-refractivity contribution in [2.24, 2.45) is 0 Å². The molecule has 1 amide bonds. The van der Waals surface area contributed by atoms with Gasteiger partial charge in [0, 0.05) is 26.7 Å². The highest BCUT2D eigenvalue weighted by Crippen LogP contribution is 2.08. The Bertz CT molecular complexity index is 647. The first-order valence-electron chi connectivity index (χ1n) is 6.86. The number of ether oxygens (including phenoxy) is 1. The number of nitrogens with zero attached hydrogens (tertiary/aromatic N) is 1. The van der Waals surface area contributed by atoms with E-state index in [1.165, 1.54) is 4.57 Å². The van der Waals surface area contributed by atoms with Crippen molar-refractivity contribution >= 4 is 16.9 Å². The molecule has 1 aromatic carbocycles. The zero-order valence-electron chi connectivity index (χ0n) is 12.0. The van der Waals surface area contributed by atoms with Crippen LogP contribution in [-0.2, 0) is 16.1 Å². The number of hydrogen-bond acceptors (Lipinski definition) is 4. The molecule has 0 aliphatic heterocycles. The predicted molar refractivity (Wildman–Crippen MR) is 80.3 cm³/mol. The summed E-state index contributed by atoms with van der Waals surface area (Å²) < 4.78 is 6.34. The molecule has 0 atom stereocenters. The monoisotopic (exact) mass is 292 g/mol. The molecule has 2 aromatic rings. The van der Waals surface area contributed by atoms with Crippen LogP contribution >= 0.6 is 0 Å². The van der Waals surface area contributed by atoms with Crippen LogP contribution < -0.4 is 16.3 Å². The Kier molecular flexibility index (Phi) is 5.53. The van der Waals surface area contributed by atoms with Gasteiger partial charge in [-0.15, -0.1) is 0 Å². The normalized spacial score (nSPS) is 10.9. The fraction of sp³-hybridized carbons (Fsp3) is 0.429. The number of carbonyl (C=O) groups excluding carboxylic acids is 1. The highest BCUT2D eigenvalue weighted by atomic mass is 16.5. The minimum Gasteiger partial charge on any atom is -0.383 e. The molecule has 0 spiro atoms. The van der Waals surface area contributed by atoms with E-state index < -0.39 is 0 Å². The van der Waals surface area contributed by atoms with Gasteiger partial charge in [-0.2, -0.15) is 0 Å². The van der Waals surface area contributed by atoms with E-state index in [0.29, 0.717) is 19.7 Å². The molecule has 2 rings (SSSR count). The third-order valence-corrected chi connectivity index (χ3v) is 3.09. The predicted octanol–water partition coefficient (Wildman–Crippen LogP) is -0.318. The number of aromatic amines is 1. The van der Waals surface area contributed by atoms with Gasteiger partial charge in [0.15, 0.2) is 0 Å². The maximum absolute atomic E-state index is 11.9. The van der Waals surface area contributed by atoms with Gasteiger partial charge in [-0.1, -0.05) is 12.1 Å². The molecule has 1 heterocycles. The van der Waals surface area contributed by atoms with E-state index in [4.69, 9.17) is 4.74 Å². The van der Waals surface area contributed by atoms with Gasteiger partial charge in [0.2, 0.25) is 5.91 Å². The van der Waals surface area contributed by atoms with Crippen LogP contribution in [0.15, 0.2) is 29.1 Å². The molecule has 0 saturated carbocycles. The summed E-state index contributed by atoms with van der Waals surface area (Å²) >= 11 is 0. The first kappa shape index (κ1) is 15.3. The molecule has 114 valence electrons. The summed E-state index contributed by atoms with van der Waals surface area (Å²) in [5.41, 5.74) is 1.19. The molecule has 21 heavy (non-hydrogen) atoms. The minimum atomic E-state index is -0.274. The van der Waals surface area contributed by atoms with Crippen molar-refractivity contribution in [3.8, 4) is 0 Å². The summed E-state index contributed by atoms with van der Waals surface area (Å²) in [5.74, 6) is -0.185. The molecule has 0 aliphatic rings. The third kappa shape index (κ3) is 4.17. The fourth-order valence-corrected chi connectivity index (χ4v) is 2.05. The average molecular weight is 292 g/mol. The number of rotatable bonds is 8. The molecule has 1 aromatic heterocycles. The van der Waals surface area contributed by atoms with E-state index in [9.17, 15) is 9.59 Å². The van der Waals surface area contributed by atoms with Crippen molar-refractivity contribution in [3.05, 3.63) is 34.7 Å². The molecular weight excluding hydrogens is 272 g/mol. The van der Waals surface area contributed by atoms with Crippen molar-refractivity contribution < 1.29 is 9.53 Å². The van der Waals surface area contributed by atoms with Crippen molar-refractivity contribution in [3.63, 3.8) is 0 Å². The van der Waals surface area contributed by atoms with E-state index in [2.05, 4.69) is 15.6 Å². The van der Waals surface area contributed by atoms with Gasteiger partial charge in [0.05, 0.1) is 17.6 Å². The SMILES string of the molecule is COCCNCCNC(=O)Cn1c(=O)[nH]c2ccccc21. The number of benzene rings is 1. The summed E-state index contributed by atoms with van der Waals surface area (Å²) in [6.45, 7) is 2.57. The maximum Gasteiger partial charge on any atom is 0.326 e. The van der Waals surface area contributed by atoms with Crippen LogP contribution in [0.1, 0.15) is 0 Å². The van der Waals surface area contributed by atoms with E-state index in [1.807, 2.05) is 24.3 Å². The Morgan fingerprint density at radius 2 is 2.10 bits per heavy atom. The van der Waals surface area contributed by atoms with Gasteiger partial charge in [-0.05, 0) is 12.1 Å². The maximum atomic E-state index is 11.9. The molecule has 0 radical (unpaired) electrons. The van der Waals surface area contributed by atoms with Crippen LogP contribution in [0.4, 0.5) is 0 Å². The molecule has 7 heteroatoms. The van der Waals surface area contributed by atoms with Gasteiger partial charge in [-0.25, -0.2) is 4.79 Å². The van der Waals surface area contributed by atoms with Crippen LogP contribution in [0.5, 0.6) is 0 Å². The zero-order chi connectivity index (χ0) is 15.1. The average Bonchev–Trinajstić information content (AvgIpc) is 2.79. The summed E-state index contributed by atoms with van der Waals surface area (Å²) in [7, 11) is 1.64. The Morgan fingerprint density at radius 1 is 1.29 bits per heavy atom. The quantitative estimate of drug-likeness (QED) is 0.582. The third-order valence-electron chi connectivity index (χ3n) is 3.09. The lowest BCUT2D eigenvalue weighted by Gasteiger charge is -2.07. The molecular formula is C14H20N4O3. The minimum absolute atomic E-state index is 0.0148. The largest absolute Gasteiger partial charge is 0.383 e. The van der Waals surface area contributed by atoms with E-state index >= 15 is 0 Å². The summed E-state index contributed by atoms with van der Waals surface area (Å²) in [4.78, 5) is 26.4. The summed E-state index contributed by atoms with van der Waals surface area (Å²) in [6, 6.07) is 7.30. The number of H-pyrrole nitrogens is 1. The second-order valence-corrected chi connectivity index (χ2v) is 4.63. The van der Waals surface area contributed by atoms with Gasteiger partial charge in [-0.3, -0.25) is 9.36 Å². The Balaban J connectivity index is 1.84. The topological polar surface area (TPSA) is 88.2 Å². The van der Waals surface area contributed by atoms with E-state index in [1.54, 1.807) is 7.11 Å². The number of methoxy groups -OCH3 is 1. The fourth-order valence-electron chi connectivity index (χ4n) is 2.05. The van der Waals surface area contributed by atoms with Crippen LogP contribution in [0.3, 0.4) is 0 Å². The Labute approximate surface area is 122 Å². The number of aromatic nitrogens is 2. The van der Waals surface area contributed by atoms with Gasteiger partial charge < -0.3 is 20.4 Å². The molecule has 0 fully saturated rings. The number of para-hydroxylation sites is 2. The first-order chi connectivity index (χ1) is 10.2. The molecule has 0 saturated heterocycles. The molecule has 0 bridgehead atoms. The summed E-state index contributed by atoms with van der Waals surface area (Å²) in [6.07, 6.45) is 0. The highest BCUT2D eigenvalue weighted by Gasteiger charge is 2.09. The van der Waals surface area contributed by atoms with Crippen molar-refractivity contribution in [1.29, 1.82) is 0 Å². The Morgan fingerprint density at radius 3 is 2.90 bits per heavy atom. The molecule has 7 nitrogen and oxygen atoms in total. The van der Waals surface area contributed by atoms with Crippen LogP contribution in [0, 0.1) is 0 Å². The number of imidazole rings is 1. The zero-order valence-corrected chi connectivity index (χ0v) is 12.0. The first-order valence-corrected chi connectivity index (χ1v) is 6.86. The number of fused-ring (bicyclic) bond motifs is 1. The smallest absolute Gasteiger partial charge is 0.326 e. The lowest BCUT2D eigenvalue weighted by molar-refractivity contribution is -0.121. The van der Waals surface area contributed by atoms with Crippen LogP contribution in [-0.4, -0.2) is 48.8 Å². The number of carbonyl (C=O) groups is 1. The van der Waals surface area contributed by atoms with E-state index in [0.717, 1.165) is 17.6 Å². The standard InChI is InChI=1S/C14H20N4O3/c1-21-9-8-15-6-7-16-13(19)10-18-12-5-3-2-4-11(12)17-14(18)20/h2-5,15H,6-10H2,1H3,(H,16,19)(H,17,20). The summed E-state index contributed by atoms with van der Waals surface area (Å²) in [5, 5.41) is 5.90. The lowest BCUT2D eigenvalue weighted by atomic mass is 10.3. The van der Waals surface area contributed by atoms with Crippen molar-refractivity contribution in [2.75, 3.05) is 33.4 Å². The van der Waals surface area contributed by atoms with Crippen molar-refractivity contribution in [1.82, 2.24) is 20.2 Å². The van der Waals surface area contributed by atoms with Crippen LogP contribution in [0.2, 0.25) is 0 Å².